The van der Waals surface area contributed by atoms with E-state index in [0.29, 0.717) is 24.1 Å². The van der Waals surface area contributed by atoms with Gasteiger partial charge in [0, 0.05) is 48.5 Å². The van der Waals surface area contributed by atoms with Crippen LogP contribution in [-0.2, 0) is 18.5 Å². The minimum atomic E-state index is -0.905. The van der Waals surface area contributed by atoms with Crippen molar-refractivity contribution in [3.63, 3.8) is 0 Å². The van der Waals surface area contributed by atoms with Gasteiger partial charge in [0.05, 0.1) is 19.3 Å². The van der Waals surface area contributed by atoms with Gasteiger partial charge in [-0.2, -0.15) is 0 Å². The Labute approximate surface area is 284 Å². The van der Waals surface area contributed by atoms with Crippen LogP contribution in [0.15, 0.2) is 103 Å². The molecule has 1 heterocycles. The van der Waals surface area contributed by atoms with Crippen molar-refractivity contribution in [2.45, 2.75) is 63.8 Å². The van der Waals surface area contributed by atoms with E-state index in [4.69, 9.17) is 4.74 Å². The summed E-state index contributed by atoms with van der Waals surface area (Å²) >= 11 is 0. The molecule has 0 unspecified atom stereocenters. The number of anilines is 1. The molecule has 1 fully saturated rings. The number of rotatable bonds is 14. The van der Waals surface area contributed by atoms with E-state index in [9.17, 15) is 14.7 Å². The Bertz CT molecular complexity index is 1640. The first-order chi connectivity index (χ1) is 23.2. The summed E-state index contributed by atoms with van der Waals surface area (Å²) in [6, 6.07) is 32.2. The van der Waals surface area contributed by atoms with E-state index in [1.807, 2.05) is 97.1 Å². The van der Waals surface area contributed by atoms with Crippen LogP contribution in [0.3, 0.4) is 0 Å². The number of nitrogens with one attached hydrogen (secondary N) is 3. The van der Waals surface area contributed by atoms with Crippen LogP contribution in [-0.4, -0.2) is 55.8 Å². The fourth-order valence-electron chi connectivity index (χ4n) is 6.11. The number of methoxy groups -OCH3 is 1. The molecule has 5 rings (SSSR count). The lowest BCUT2D eigenvalue weighted by molar-refractivity contribution is 0.0813. The summed E-state index contributed by atoms with van der Waals surface area (Å²) in [6.07, 6.45) is 2.83. The van der Waals surface area contributed by atoms with Gasteiger partial charge in [-0.1, -0.05) is 72.8 Å². The molecule has 0 spiro atoms. The molecule has 0 saturated carbocycles. The predicted octanol–water partition coefficient (Wildman–Crippen LogP) is 5.84. The van der Waals surface area contributed by atoms with Crippen LogP contribution in [0.25, 0.3) is 0 Å². The average Bonchev–Trinajstić information content (AvgIpc) is 3.13. The molecule has 0 aromatic heterocycles. The lowest BCUT2D eigenvalue weighted by atomic mass is 9.93. The van der Waals surface area contributed by atoms with Gasteiger partial charge in [-0.3, -0.25) is 9.59 Å². The summed E-state index contributed by atoms with van der Waals surface area (Å²) in [6.45, 7) is 6.48. The zero-order chi connectivity index (χ0) is 33.9. The van der Waals surface area contributed by atoms with E-state index in [1.54, 1.807) is 13.2 Å². The van der Waals surface area contributed by atoms with Crippen molar-refractivity contribution in [3.8, 4) is 5.75 Å². The van der Waals surface area contributed by atoms with E-state index in [2.05, 4.69) is 34.7 Å². The van der Waals surface area contributed by atoms with E-state index in [-0.39, 0.29) is 18.4 Å². The summed E-state index contributed by atoms with van der Waals surface area (Å²) in [4.78, 5) is 29.7. The molecule has 48 heavy (non-hydrogen) atoms. The van der Waals surface area contributed by atoms with E-state index < -0.39 is 17.7 Å². The third-order valence-electron chi connectivity index (χ3n) is 9.08. The summed E-state index contributed by atoms with van der Waals surface area (Å²) in [5.41, 5.74) is 4.22. The normalized spacial score (nSPS) is 14.5. The molecule has 2 amide bonds. The lowest BCUT2D eigenvalue weighted by Gasteiger charge is -2.32. The van der Waals surface area contributed by atoms with Crippen LogP contribution in [0.2, 0.25) is 0 Å². The topological polar surface area (TPSA) is 103 Å². The largest absolute Gasteiger partial charge is 0.497 e. The summed E-state index contributed by atoms with van der Waals surface area (Å²) in [5.74, 6) is 0.187. The molecule has 4 N–H and O–H groups in total. The number of ether oxygens (including phenoxy) is 1. The van der Waals surface area contributed by atoms with Crippen LogP contribution < -0.4 is 25.6 Å². The highest BCUT2D eigenvalue weighted by atomic mass is 16.5. The minimum Gasteiger partial charge on any atom is -0.497 e. The maximum absolute atomic E-state index is 14.0. The van der Waals surface area contributed by atoms with Gasteiger partial charge in [-0.05, 0) is 86.6 Å². The number of hydrogen-bond donors (Lipinski definition) is 4. The molecule has 1 saturated heterocycles. The first-order valence-corrected chi connectivity index (χ1v) is 16.9. The Morgan fingerprint density at radius 2 is 1.46 bits per heavy atom. The van der Waals surface area contributed by atoms with Gasteiger partial charge in [0.1, 0.15) is 5.75 Å². The fourth-order valence-corrected chi connectivity index (χ4v) is 6.11. The predicted molar refractivity (Wildman–Crippen MR) is 192 cm³/mol. The maximum atomic E-state index is 14.0. The SMILES string of the molecule is COc1cccc(C(C)(C)NC[C@@H](O)[C@H](Cc2ccccc2)NC(=O)c2cc(C(=O)NCc3ccccc3)cc(N3CCCCC3)c2)c1. The van der Waals surface area contributed by atoms with E-state index >= 15 is 0 Å². The fraction of sp³-hybridized carbons (Fsp3) is 0.350. The molecule has 4 aromatic rings. The van der Waals surface area contributed by atoms with Crippen LogP contribution >= 0.6 is 0 Å². The van der Waals surface area contributed by atoms with Crippen molar-refractivity contribution in [2.75, 3.05) is 31.6 Å². The number of piperidine rings is 1. The summed E-state index contributed by atoms with van der Waals surface area (Å²) in [7, 11) is 1.64. The van der Waals surface area contributed by atoms with Crippen molar-refractivity contribution >= 4 is 17.5 Å². The van der Waals surface area contributed by atoms with Gasteiger partial charge < -0.3 is 30.7 Å². The minimum absolute atomic E-state index is 0.239. The number of benzene rings is 4. The lowest BCUT2D eigenvalue weighted by Crippen LogP contribution is -2.51. The molecule has 1 aliphatic heterocycles. The summed E-state index contributed by atoms with van der Waals surface area (Å²) < 4.78 is 5.42. The molecule has 4 aromatic carbocycles. The standard InChI is InChI=1S/C40H48N4O4/c1-40(2,33-18-13-19-35(26-33)48-3)42-28-37(45)36(22-29-14-7-4-8-15-29)43-39(47)32-23-31(24-34(25-32)44-20-11-6-12-21-44)38(46)41-27-30-16-9-5-10-17-30/h4-5,7-10,13-19,23-26,36-37,42,45H,6,11-12,20-22,27-28H2,1-3H3,(H,41,46)(H,43,47)/t36-,37+/m0/s1. The van der Waals surface area contributed by atoms with Crippen LogP contribution in [0.1, 0.15) is 70.5 Å². The molecule has 2 atom stereocenters. The van der Waals surface area contributed by atoms with E-state index in [0.717, 1.165) is 54.1 Å². The average molecular weight is 649 g/mol. The second-order valence-corrected chi connectivity index (χ2v) is 13.1. The van der Waals surface area contributed by atoms with Gasteiger partial charge in [0.15, 0.2) is 0 Å². The third kappa shape index (κ3) is 9.46. The highest BCUT2D eigenvalue weighted by Gasteiger charge is 2.27. The molecule has 0 bridgehead atoms. The molecule has 8 nitrogen and oxygen atoms in total. The van der Waals surface area contributed by atoms with Crippen LogP contribution in [0.4, 0.5) is 5.69 Å². The van der Waals surface area contributed by atoms with E-state index in [1.165, 1.54) is 6.42 Å². The van der Waals surface area contributed by atoms with Gasteiger partial charge in [-0.15, -0.1) is 0 Å². The Morgan fingerprint density at radius 1 is 0.812 bits per heavy atom. The Morgan fingerprint density at radius 3 is 2.12 bits per heavy atom. The number of carbonyl (C=O) groups is 2. The zero-order valence-electron chi connectivity index (χ0n) is 28.2. The molecular weight excluding hydrogens is 600 g/mol. The second kappa shape index (κ2) is 16.4. The molecule has 252 valence electrons. The number of amides is 2. The highest BCUT2D eigenvalue weighted by molar-refractivity contribution is 6.01. The number of aliphatic hydroxyl groups excluding tert-OH is 1. The molecule has 0 radical (unpaired) electrons. The van der Waals surface area contributed by atoms with Gasteiger partial charge in [0.2, 0.25) is 0 Å². The van der Waals surface area contributed by atoms with Gasteiger partial charge in [0.25, 0.3) is 11.8 Å². The molecule has 0 aliphatic carbocycles. The van der Waals surface area contributed by atoms with Crippen molar-refractivity contribution in [2.24, 2.45) is 0 Å². The Hall–Kier alpha value is -4.66. The monoisotopic (exact) mass is 648 g/mol. The second-order valence-electron chi connectivity index (χ2n) is 13.1. The smallest absolute Gasteiger partial charge is 0.251 e. The Kier molecular flexibility index (Phi) is 11.9. The van der Waals surface area contributed by atoms with Crippen molar-refractivity contribution in [1.29, 1.82) is 0 Å². The summed E-state index contributed by atoms with van der Waals surface area (Å²) in [5, 5.41) is 21.2. The van der Waals surface area contributed by atoms with Crippen LogP contribution in [0.5, 0.6) is 5.75 Å². The molecular formula is C40H48N4O4. The Balaban J connectivity index is 1.36. The molecule has 8 heteroatoms. The van der Waals surface area contributed by atoms with Crippen molar-refractivity contribution < 1.29 is 19.4 Å². The zero-order valence-corrected chi connectivity index (χ0v) is 28.2. The number of carbonyl (C=O) groups excluding carboxylic acids is 2. The third-order valence-corrected chi connectivity index (χ3v) is 9.08. The van der Waals surface area contributed by atoms with Gasteiger partial charge in [-0.25, -0.2) is 0 Å². The first kappa shape index (κ1) is 34.7. The number of nitrogens with zero attached hydrogens (tertiary/aromatic N) is 1. The number of hydrogen-bond acceptors (Lipinski definition) is 6. The quantitative estimate of drug-likeness (QED) is 0.137. The van der Waals surface area contributed by atoms with Crippen LogP contribution in [0, 0.1) is 0 Å². The highest BCUT2D eigenvalue weighted by Crippen LogP contribution is 2.26. The van der Waals surface area contributed by atoms with Gasteiger partial charge >= 0.3 is 0 Å². The van der Waals surface area contributed by atoms with Crippen molar-refractivity contribution in [1.82, 2.24) is 16.0 Å². The maximum Gasteiger partial charge on any atom is 0.251 e. The number of aliphatic hydroxyl groups is 1. The first-order valence-electron chi connectivity index (χ1n) is 16.9. The molecule has 1 aliphatic rings. The van der Waals surface area contributed by atoms with Crippen molar-refractivity contribution in [3.05, 3.63) is 131 Å².